The number of halogens is 3. The maximum atomic E-state index is 11.9. The summed E-state index contributed by atoms with van der Waals surface area (Å²) in [4.78, 5) is 11.5. The van der Waals surface area contributed by atoms with Gasteiger partial charge in [0.1, 0.15) is 12.7 Å². The summed E-state index contributed by atoms with van der Waals surface area (Å²) in [5, 5.41) is 12.1. The summed E-state index contributed by atoms with van der Waals surface area (Å²) in [5.74, 6) is -0.689. The van der Waals surface area contributed by atoms with E-state index in [2.05, 4.69) is 10.1 Å². The quantitative estimate of drug-likeness (QED) is 0.806. The van der Waals surface area contributed by atoms with Crippen LogP contribution in [0.4, 0.5) is 13.2 Å². The predicted octanol–water partition coefficient (Wildman–Crippen LogP) is 1.67. The summed E-state index contributed by atoms with van der Waals surface area (Å²) in [6.45, 7) is -0.299. The highest BCUT2D eigenvalue weighted by molar-refractivity contribution is 5.80. The number of benzene rings is 1. The molecule has 0 fully saturated rings. The molecule has 0 aromatic heterocycles. The summed E-state index contributed by atoms with van der Waals surface area (Å²) >= 11 is 0. The molecule has 2 N–H and O–H groups in total. The Bertz CT molecular complexity index is 437. The smallest absolute Gasteiger partial charge is 0.391 e. The van der Waals surface area contributed by atoms with Gasteiger partial charge in [-0.25, -0.2) is 0 Å². The number of rotatable bonds is 7. The molecule has 0 spiro atoms. The molecule has 0 radical (unpaired) electrons. The van der Waals surface area contributed by atoms with Crippen LogP contribution in [-0.4, -0.2) is 42.5 Å². The Balaban J connectivity index is 2.28. The zero-order valence-corrected chi connectivity index (χ0v) is 11.6. The maximum absolute atomic E-state index is 11.9. The molecule has 0 aliphatic rings. The Morgan fingerprint density at radius 2 is 1.95 bits per heavy atom. The summed E-state index contributed by atoms with van der Waals surface area (Å²) in [7, 11) is 0. The molecule has 4 nitrogen and oxygen atoms in total. The molecule has 1 rings (SSSR count). The minimum atomic E-state index is -4.47. The number of nitrogens with one attached hydrogen (secondary N) is 1. The zero-order valence-electron chi connectivity index (χ0n) is 11.6. The largest absolute Gasteiger partial charge is 0.411 e. The van der Waals surface area contributed by atoms with Gasteiger partial charge >= 0.3 is 6.18 Å². The average Bonchev–Trinajstić information content (AvgIpc) is 2.42. The number of carbonyl (C=O) groups is 1. The Kier molecular flexibility index (Phi) is 6.64. The molecule has 21 heavy (non-hydrogen) atoms. The second kappa shape index (κ2) is 7.99. The van der Waals surface area contributed by atoms with Crippen molar-refractivity contribution in [2.75, 3.05) is 13.2 Å². The van der Waals surface area contributed by atoms with Crippen LogP contribution in [-0.2, 0) is 16.0 Å². The van der Waals surface area contributed by atoms with Gasteiger partial charge in [0.15, 0.2) is 0 Å². The van der Waals surface area contributed by atoms with E-state index in [1.165, 1.54) is 6.92 Å². The van der Waals surface area contributed by atoms with Gasteiger partial charge in [0.25, 0.3) is 0 Å². The van der Waals surface area contributed by atoms with E-state index in [-0.39, 0.29) is 6.54 Å². The van der Waals surface area contributed by atoms with Crippen LogP contribution in [0.25, 0.3) is 0 Å². The second-order valence-electron chi connectivity index (χ2n) is 4.66. The minimum absolute atomic E-state index is 0.0482. The lowest BCUT2D eigenvalue weighted by molar-refractivity contribution is -0.185. The molecule has 0 aliphatic heterocycles. The number of hydrogen-bond donors (Lipinski definition) is 2. The first-order chi connectivity index (χ1) is 9.78. The van der Waals surface area contributed by atoms with Crippen LogP contribution in [0.1, 0.15) is 12.5 Å². The van der Waals surface area contributed by atoms with Gasteiger partial charge in [0.05, 0.1) is 6.10 Å². The lowest BCUT2D eigenvalue weighted by Crippen LogP contribution is -2.40. The Morgan fingerprint density at radius 3 is 2.52 bits per heavy atom. The SMILES string of the molecule is C[C@H](OCC(F)(F)F)C(=O)NC[C@H](O)Cc1ccccc1. The fraction of sp³-hybridized carbons (Fsp3) is 0.500. The molecule has 0 saturated heterocycles. The van der Waals surface area contributed by atoms with Crippen molar-refractivity contribution in [2.45, 2.75) is 31.7 Å². The maximum Gasteiger partial charge on any atom is 0.411 e. The Labute approximate surface area is 120 Å². The number of hydrogen-bond acceptors (Lipinski definition) is 3. The first-order valence-electron chi connectivity index (χ1n) is 6.46. The van der Waals surface area contributed by atoms with Gasteiger partial charge < -0.3 is 15.2 Å². The van der Waals surface area contributed by atoms with Crippen molar-refractivity contribution in [3.8, 4) is 0 Å². The van der Waals surface area contributed by atoms with Crippen molar-refractivity contribution in [2.24, 2.45) is 0 Å². The van der Waals surface area contributed by atoms with E-state index in [4.69, 9.17) is 0 Å². The fourth-order valence-corrected chi connectivity index (χ4v) is 1.62. The molecule has 1 aromatic carbocycles. The Hall–Kier alpha value is -1.60. The molecule has 0 unspecified atom stereocenters. The summed E-state index contributed by atoms with van der Waals surface area (Å²) in [5.41, 5.74) is 0.903. The van der Waals surface area contributed by atoms with E-state index in [0.717, 1.165) is 5.56 Å². The monoisotopic (exact) mass is 305 g/mol. The fourth-order valence-electron chi connectivity index (χ4n) is 1.62. The standard InChI is InChI=1S/C14H18F3NO3/c1-10(21-9-14(15,16)17)13(20)18-8-12(19)7-11-5-3-2-4-6-11/h2-6,10,12,19H,7-9H2,1H3,(H,18,20)/t10-,12+/m0/s1. The van der Waals surface area contributed by atoms with E-state index in [1.54, 1.807) is 0 Å². The number of ether oxygens (including phenoxy) is 1. The second-order valence-corrected chi connectivity index (χ2v) is 4.66. The molecule has 7 heteroatoms. The van der Waals surface area contributed by atoms with Gasteiger partial charge in [-0.05, 0) is 12.5 Å². The molecule has 0 saturated carbocycles. The molecular formula is C14H18F3NO3. The van der Waals surface area contributed by atoms with E-state index >= 15 is 0 Å². The van der Waals surface area contributed by atoms with Crippen LogP contribution < -0.4 is 5.32 Å². The molecule has 1 aromatic rings. The third-order valence-corrected chi connectivity index (χ3v) is 2.69. The first-order valence-corrected chi connectivity index (χ1v) is 6.46. The van der Waals surface area contributed by atoms with Gasteiger partial charge in [-0.2, -0.15) is 13.2 Å². The molecule has 0 heterocycles. The lowest BCUT2D eigenvalue weighted by Gasteiger charge is -2.16. The number of aliphatic hydroxyl groups excluding tert-OH is 1. The predicted molar refractivity (Wildman–Crippen MR) is 70.6 cm³/mol. The average molecular weight is 305 g/mol. The minimum Gasteiger partial charge on any atom is -0.391 e. The summed E-state index contributed by atoms with van der Waals surface area (Å²) in [6, 6.07) is 9.17. The zero-order chi connectivity index (χ0) is 15.9. The van der Waals surface area contributed by atoms with Crippen LogP contribution in [0.15, 0.2) is 30.3 Å². The first kappa shape index (κ1) is 17.5. The van der Waals surface area contributed by atoms with Crippen LogP contribution in [0, 0.1) is 0 Å². The number of alkyl halides is 3. The van der Waals surface area contributed by atoms with Crippen LogP contribution >= 0.6 is 0 Å². The van der Waals surface area contributed by atoms with Crippen LogP contribution in [0.2, 0.25) is 0 Å². The van der Waals surface area contributed by atoms with Crippen LogP contribution in [0.5, 0.6) is 0 Å². The van der Waals surface area contributed by atoms with Gasteiger partial charge in [-0.15, -0.1) is 0 Å². The van der Waals surface area contributed by atoms with E-state index in [9.17, 15) is 23.1 Å². The highest BCUT2D eigenvalue weighted by atomic mass is 19.4. The van der Waals surface area contributed by atoms with Crippen molar-refractivity contribution >= 4 is 5.91 Å². The third kappa shape index (κ3) is 7.67. The molecule has 0 bridgehead atoms. The van der Waals surface area contributed by atoms with Crippen molar-refractivity contribution in [3.63, 3.8) is 0 Å². The van der Waals surface area contributed by atoms with E-state index in [1.807, 2.05) is 30.3 Å². The van der Waals surface area contributed by atoms with Crippen molar-refractivity contribution in [3.05, 3.63) is 35.9 Å². The van der Waals surface area contributed by atoms with Crippen LogP contribution in [0.3, 0.4) is 0 Å². The number of amides is 1. The Morgan fingerprint density at radius 1 is 1.33 bits per heavy atom. The topological polar surface area (TPSA) is 58.6 Å². The van der Waals surface area contributed by atoms with E-state index < -0.39 is 30.9 Å². The molecule has 2 atom stereocenters. The van der Waals surface area contributed by atoms with Crippen molar-refractivity contribution in [1.29, 1.82) is 0 Å². The summed E-state index contributed by atoms with van der Waals surface area (Å²) in [6.07, 6.45) is -6.16. The summed E-state index contributed by atoms with van der Waals surface area (Å²) < 4.78 is 40.2. The highest BCUT2D eigenvalue weighted by Crippen LogP contribution is 2.15. The molecule has 1 amide bonds. The number of carbonyl (C=O) groups excluding carboxylic acids is 1. The molecule has 118 valence electrons. The third-order valence-electron chi connectivity index (χ3n) is 2.69. The molecular weight excluding hydrogens is 287 g/mol. The van der Waals surface area contributed by atoms with E-state index in [0.29, 0.717) is 6.42 Å². The van der Waals surface area contributed by atoms with Gasteiger partial charge in [0.2, 0.25) is 5.91 Å². The number of aliphatic hydroxyl groups is 1. The highest BCUT2D eigenvalue weighted by Gasteiger charge is 2.29. The van der Waals surface area contributed by atoms with Gasteiger partial charge in [0, 0.05) is 13.0 Å². The van der Waals surface area contributed by atoms with Crippen molar-refractivity contribution in [1.82, 2.24) is 5.32 Å². The van der Waals surface area contributed by atoms with Gasteiger partial charge in [-0.1, -0.05) is 30.3 Å². The lowest BCUT2D eigenvalue weighted by atomic mass is 10.1. The molecule has 0 aliphatic carbocycles. The normalized spacial score (nSPS) is 14.5. The van der Waals surface area contributed by atoms with Crippen molar-refractivity contribution < 1.29 is 27.8 Å². The van der Waals surface area contributed by atoms with Gasteiger partial charge in [-0.3, -0.25) is 4.79 Å².